The molecule has 1 aliphatic rings. The van der Waals surface area contributed by atoms with Crippen LogP contribution in [0.3, 0.4) is 0 Å². The molecule has 1 N–H and O–H groups in total. The van der Waals surface area contributed by atoms with Crippen molar-refractivity contribution in [2.24, 2.45) is 0 Å². The third kappa shape index (κ3) is 4.94. The quantitative estimate of drug-likeness (QED) is 0.706. The highest BCUT2D eigenvalue weighted by atomic mass is 16.5. The summed E-state index contributed by atoms with van der Waals surface area (Å²) >= 11 is 0. The van der Waals surface area contributed by atoms with Gasteiger partial charge in [-0.2, -0.15) is 0 Å². The maximum atomic E-state index is 5.67. The maximum absolute atomic E-state index is 5.67. The molecule has 17 heavy (non-hydrogen) atoms. The van der Waals surface area contributed by atoms with Crippen molar-refractivity contribution in [3.05, 3.63) is 0 Å². The Morgan fingerprint density at radius 1 is 1.18 bits per heavy atom. The summed E-state index contributed by atoms with van der Waals surface area (Å²) < 4.78 is 5.67. The molecule has 0 aliphatic carbocycles. The molecule has 0 spiro atoms. The van der Waals surface area contributed by atoms with Gasteiger partial charge in [-0.25, -0.2) is 0 Å². The fraction of sp³-hybridized carbons (Fsp3) is 1.00. The number of nitrogens with zero attached hydrogens (tertiary/aromatic N) is 1. The molecule has 1 aliphatic heterocycles. The van der Waals surface area contributed by atoms with Crippen molar-refractivity contribution < 1.29 is 4.74 Å². The third-order valence-corrected chi connectivity index (χ3v) is 3.76. The van der Waals surface area contributed by atoms with Crippen LogP contribution in [-0.2, 0) is 4.74 Å². The van der Waals surface area contributed by atoms with Gasteiger partial charge in [-0.05, 0) is 39.4 Å². The Hall–Kier alpha value is -0.120. The Kier molecular flexibility index (Phi) is 7.82. The molecule has 0 radical (unpaired) electrons. The lowest BCUT2D eigenvalue weighted by Crippen LogP contribution is -2.55. The van der Waals surface area contributed by atoms with Crippen LogP contribution in [0.25, 0.3) is 0 Å². The van der Waals surface area contributed by atoms with E-state index in [1.807, 2.05) is 0 Å². The smallest absolute Gasteiger partial charge is 0.0637 e. The van der Waals surface area contributed by atoms with E-state index >= 15 is 0 Å². The number of hydrogen-bond donors (Lipinski definition) is 1. The topological polar surface area (TPSA) is 24.5 Å². The van der Waals surface area contributed by atoms with Crippen LogP contribution >= 0.6 is 0 Å². The van der Waals surface area contributed by atoms with Crippen molar-refractivity contribution in [3.63, 3.8) is 0 Å². The van der Waals surface area contributed by atoms with E-state index in [1.165, 1.54) is 38.8 Å². The summed E-state index contributed by atoms with van der Waals surface area (Å²) in [6.07, 6.45) is 6.31. The molecule has 0 aromatic heterocycles. The summed E-state index contributed by atoms with van der Waals surface area (Å²) in [6.45, 7) is 8.80. The van der Waals surface area contributed by atoms with E-state index in [1.54, 1.807) is 0 Å². The predicted octanol–water partition coefficient (Wildman–Crippen LogP) is 2.27. The zero-order valence-electron chi connectivity index (χ0n) is 11.9. The first-order chi connectivity index (χ1) is 8.33. The highest BCUT2D eigenvalue weighted by molar-refractivity contribution is 4.86. The summed E-state index contributed by atoms with van der Waals surface area (Å²) in [5.74, 6) is 0. The van der Waals surface area contributed by atoms with Gasteiger partial charge in [0.25, 0.3) is 0 Å². The minimum absolute atomic E-state index is 0.576. The van der Waals surface area contributed by atoms with Gasteiger partial charge in [0.15, 0.2) is 0 Å². The van der Waals surface area contributed by atoms with E-state index in [4.69, 9.17) is 4.74 Å². The van der Waals surface area contributed by atoms with Crippen LogP contribution in [0.4, 0.5) is 0 Å². The zero-order valence-corrected chi connectivity index (χ0v) is 11.9. The molecule has 102 valence electrons. The molecule has 2 unspecified atom stereocenters. The Labute approximate surface area is 107 Å². The molecule has 1 rings (SSSR count). The summed E-state index contributed by atoms with van der Waals surface area (Å²) in [6, 6.07) is 1.18. The Bertz CT molecular complexity index is 179. The molecule has 0 saturated carbocycles. The van der Waals surface area contributed by atoms with Gasteiger partial charge in [0.05, 0.1) is 6.61 Å². The van der Waals surface area contributed by atoms with Crippen LogP contribution < -0.4 is 5.32 Å². The first-order valence-corrected chi connectivity index (χ1v) is 7.32. The molecule has 3 nitrogen and oxygen atoms in total. The Morgan fingerprint density at radius 3 is 2.35 bits per heavy atom. The monoisotopic (exact) mass is 242 g/mol. The van der Waals surface area contributed by atoms with Crippen LogP contribution in [0.2, 0.25) is 0 Å². The maximum Gasteiger partial charge on any atom is 0.0637 e. The van der Waals surface area contributed by atoms with Crippen LogP contribution in [0, 0.1) is 0 Å². The molecule has 1 saturated heterocycles. The van der Waals surface area contributed by atoms with Gasteiger partial charge < -0.3 is 10.1 Å². The molecule has 2 atom stereocenters. The number of likely N-dealkylation sites (N-methyl/N-ethyl adjacent to an activating group) is 1. The number of unbranched alkanes of at least 4 members (excludes halogenated alkanes) is 2. The van der Waals surface area contributed by atoms with E-state index in [9.17, 15) is 0 Å². The van der Waals surface area contributed by atoms with Gasteiger partial charge in [0.2, 0.25) is 0 Å². The molecule has 1 fully saturated rings. The lowest BCUT2D eigenvalue weighted by molar-refractivity contribution is -0.00247. The average Bonchev–Trinajstić information content (AvgIpc) is 2.39. The van der Waals surface area contributed by atoms with Crippen molar-refractivity contribution in [1.29, 1.82) is 0 Å². The summed E-state index contributed by atoms with van der Waals surface area (Å²) in [5, 5.41) is 3.47. The first kappa shape index (κ1) is 14.9. The number of nitrogens with one attached hydrogen (secondary N) is 1. The standard InChI is InChI=1S/C14H30N2O/c1-4-6-9-16(10-7-5-2)14-12-17-11-8-13(14)15-3/h13-15H,4-12H2,1-3H3. The average molecular weight is 242 g/mol. The number of rotatable bonds is 8. The lowest BCUT2D eigenvalue weighted by atomic mass is 10.0. The summed E-state index contributed by atoms with van der Waals surface area (Å²) in [4.78, 5) is 2.65. The summed E-state index contributed by atoms with van der Waals surface area (Å²) in [5.41, 5.74) is 0. The zero-order chi connectivity index (χ0) is 12.5. The van der Waals surface area contributed by atoms with Crippen molar-refractivity contribution >= 4 is 0 Å². The number of ether oxygens (including phenoxy) is 1. The second kappa shape index (κ2) is 8.90. The third-order valence-electron chi connectivity index (χ3n) is 3.76. The van der Waals surface area contributed by atoms with Crippen molar-refractivity contribution in [2.75, 3.05) is 33.4 Å². The first-order valence-electron chi connectivity index (χ1n) is 7.32. The predicted molar refractivity (Wildman–Crippen MR) is 73.5 cm³/mol. The van der Waals surface area contributed by atoms with Gasteiger partial charge in [-0.15, -0.1) is 0 Å². The fourth-order valence-electron chi connectivity index (χ4n) is 2.59. The van der Waals surface area contributed by atoms with E-state index < -0.39 is 0 Å². The van der Waals surface area contributed by atoms with Crippen molar-refractivity contribution in [3.8, 4) is 0 Å². The van der Waals surface area contributed by atoms with Crippen molar-refractivity contribution in [1.82, 2.24) is 10.2 Å². The van der Waals surface area contributed by atoms with E-state index in [-0.39, 0.29) is 0 Å². The normalized spacial score (nSPS) is 25.4. The van der Waals surface area contributed by atoms with Crippen LogP contribution in [0.1, 0.15) is 46.0 Å². The van der Waals surface area contributed by atoms with E-state index in [0.717, 1.165) is 19.6 Å². The second-order valence-corrected chi connectivity index (χ2v) is 5.07. The van der Waals surface area contributed by atoms with Gasteiger partial charge >= 0.3 is 0 Å². The fourth-order valence-corrected chi connectivity index (χ4v) is 2.59. The second-order valence-electron chi connectivity index (χ2n) is 5.07. The van der Waals surface area contributed by atoms with Crippen molar-refractivity contribution in [2.45, 2.75) is 58.0 Å². The molecule has 0 aromatic rings. The van der Waals surface area contributed by atoms with E-state index in [0.29, 0.717) is 12.1 Å². The van der Waals surface area contributed by atoms with Gasteiger partial charge in [-0.1, -0.05) is 26.7 Å². The minimum Gasteiger partial charge on any atom is -0.380 e. The Balaban J connectivity index is 2.51. The lowest BCUT2D eigenvalue weighted by Gasteiger charge is -2.39. The van der Waals surface area contributed by atoms with Crippen LogP contribution in [-0.4, -0.2) is 50.3 Å². The molecular weight excluding hydrogens is 212 g/mol. The molecule has 3 heteroatoms. The highest BCUT2D eigenvalue weighted by Gasteiger charge is 2.28. The number of hydrogen-bond acceptors (Lipinski definition) is 3. The molecule has 0 bridgehead atoms. The SMILES string of the molecule is CCCCN(CCCC)C1COCCC1NC. The minimum atomic E-state index is 0.576. The largest absolute Gasteiger partial charge is 0.380 e. The molecule has 0 amide bonds. The van der Waals surface area contributed by atoms with Crippen LogP contribution in [0.15, 0.2) is 0 Å². The van der Waals surface area contributed by atoms with Gasteiger partial charge in [0.1, 0.15) is 0 Å². The summed E-state index contributed by atoms with van der Waals surface area (Å²) in [7, 11) is 2.08. The Morgan fingerprint density at radius 2 is 1.82 bits per heavy atom. The molecular formula is C14H30N2O. The highest BCUT2D eigenvalue weighted by Crippen LogP contribution is 2.16. The van der Waals surface area contributed by atoms with Gasteiger partial charge in [-0.3, -0.25) is 4.90 Å². The molecule has 0 aromatic carbocycles. The van der Waals surface area contributed by atoms with Crippen LogP contribution in [0.5, 0.6) is 0 Å². The van der Waals surface area contributed by atoms with Gasteiger partial charge in [0, 0.05) is 18.7 Å². The van der Waals surface area contributed by atoms with E-state index in [2.05, 4.69) is 31.1 Å². The molecule has 1 heterocycles.